The van der Waals surface area contributed by atoms with E-state index in [-0.39, 0.29) is 63.8 Å². The average Bonchev–Trinajstić information content (AvgIpc) is 2.91. The zero-order valence-corrected chi connectivity index (χ0v) is 23.6. The number of amides is 1. The van der Waals surface area contributed by atoms with E-state index in [2.05, 4.69) is 14.4 Å². The molecule has 2 aromatic rings. The third-order valence-electron chi connectivity index (χ3n) is 8.33. The lowest BCUT2D eigenvalue weighted by Gasteiger charge is -2.54. The molecule has 2 bridgehead atoms. The highest BCUT2D eigenvalue weighted by Crippen LogP contribution is 2.52. The number of sulfonamides is 2. The minimum absolute atomic E-state index is 0.0617. The van der Waals surface area contributed by atoms with Crippen molar-refractivity contribution < 1.29 is 31.5 Å². The van der Waals surface area contributed by atoms with Crippen LogP contribution in [0.4, 0.5) is 11.4 Å². The number of hydrogen-bond donors (Lipinski definition) is 3. The molecule has 2 aliphatic heterocycles. The first-order valence-electron chi connectivity index (χ1n) is 13.1. The lowest BCUT2D eigenvalue weighted by molar-refractivity contribution is -0.140. The Bertz CT molecular complexity index is 1680. The van der Waals surface area contributed by atoms with E-state index in [0.29, 0.717) is 5.75 Å². The summed E-state index contributed by atoms with van der Waals surface area (Å²) in [5.41, 5.74) is 0.899. The number of amidine groups is 1. The van der Waals surface area contributed by atoms with E-state index in [4.69, 9.17) is 4.74 Å². The van der Waals surface area contributed by atoms with E-state index in [1.807, 2.05) is 24.3 Å². The molecule has 0 radical (unpaired) electrons. The zero-order valence-electron chi connectivity index (χ0n) is 22.0. The molecule has 40 heavy (non-hydrogen) atoms. The molecular weight excluding hydrogens is 556 g/mol. The number of nitrogens with one attached hydrogen (secondary N) is 2. The second-order valence-electron chi connectivity index (χ2n) is 10.9. The van der Waals surface area contributed by atoms with Crippen molar-refractivity contribution in [3.63, 3.8) is 0 Å². The van der Waals surface area contributed by atoms with Gasteiger partial charge < -0.3 is 20.1 Å². The summed E-state index contributed by atoms with van der Waals surface area (Å²) in [4.78, 5) is 15.7. The molecule has 3 fully saturated rings. The number of aliphatic hydroxyl groups is 1. The molecule has 0 unspecified atom stereocenters. The molecule has 0 aromatic heterocycles. The third kappa shape index (κ3) is 4.60. The van der Waals surface area contributed by atoms with Crippen molar-refractivity contribution in [3.05, 3.63) is 59.4 Å². The van der Waals surface area contributed by atoms with Crippen LogP contribution in [0, 0.1) is 17.8 Å². The van der Waals surface area contributed by atoms with Crippen LogP contribution in [-0.2, 0) is 31.4 Å². The molecule has 13 heteroatoms. The predicted molar refractivity (Wildman–Crippen MR) is 149 cm³/mol. The number of carbonyl (C=O) groups excluding carboxylic acids is 1. The van der Waals surface area contributed by atoms with Crippen LogP contribution in [0.3, 0.4) is 0 Å². The molecule has 3 aliphatic carbocycles. The van der Waals surface area contributed by atoms with Gasteiger partial charge in [-0.3, -0.25) is 9.52 Å². The van der Waals surface area contributed by atoms with Gasteiger partial charge >= 0.3 is 0 Å². The predicted octanol–water partition coefficient (Wildman–Crippen LogP) is 3.24. The van der Waals surface area contributed by atoms with E-state index in [0.717, 1.165) is 37.5 Å². The topological polar surface area (TPSA) is 154 Å². The summed E-state index contributed by atoms with van der Waals surface area (Å²) < 4.78 is 61.3. The number of hydrogen-bond acceptors (Lipinski definition) is 8. The van der Waals surface area contributed by atoms with Gasteiger partial charge in [0, 0.05) is 24.2 Å². The quantitative estimate of drug-likeness (QED) is 0.466. The van der Waals surface area contributed by atoms with Crippen LogP contribution in [0.1, 0.15) is 31.2 Å². The van der Waals surface area contributed by atoms with Crippen molar-refractivity contribution in [3.8, 4) is 5.75 Å². The lowest BCUT2D eigenvalue weighted by Crippen LogP contribution is -2.60. The molecule has 1 amide bonds. The summed E-state index contributed by atoms with van der Waals surface area (Å²) in [7, 11) is -6.39. The largest absolute Gasteiger partial charge is 0.511 e. The Balaban J connectivity index is 1.42. The van der Waals surface area contributed by atoms with Crippen LogP contribution in [0.2, 0.25) is 0 Å². The molecular formula is C27H30N4O7S2. The molecule has 0 spiro atoms. The van der Waals surface area contributed by atoms with E-state index >= 15 is 0 Å². The van der Waals surface area contributed by atoms with Gasteiger partial charge in [0.2, 0.25) is 10.0 Å². The smallest absolute Gasteiger partial charge is 0.286 e. The first-order chi connectivity index (χ1) is 18.9. The second kappa shape index (κ2) is 9.51. The molecule has 212 valence electrons. The summed E-state index contributed by atoms with van der Waals surface area (Å²) in [6, 6.07) is 11.2. The molecule has 5 aliphatic rings. The Morgan fingerprint density at radius 3 is 2.55 bits per heavy atom. The molecule has 0 saturated heterocycles. The van der Waals surface area contributed by atoms with Crippen LogP contribution in [0.25, 0.3) is 0 Å². The summed E-state index contributed by atoms with van der Waals surface area (Å²) in [6.45, 7) is 0.272. The first kappa shape index (κ1) is 26.6. The van der Waals surface area contributed by atoms with Crippen molar-refractivity contribution in [1.82, 2.24) is 4.90 Å². The summed E-state index contributed by atoms with van der Waals surface area (Å²) in [6.07, 6.45) is 4.77. The fraction of sp³-hybridized carbons (Fsp3) is 0.407. The van der Waals surface area contributed by atoms with Crippen molar-refractivity contribution in [2.45, 2.75) is 43.2 Å². The van der Waals surface area contributed by atoms with Crippen LogP contribution < -0.4 is 14.8 Å². The highest BCUT2D eigenvalue weighted by molar-refractivity contribution is 7.92. The van der Waals surface area contributed by atoms with Crippen LogP contribution in [-0.4, -0.2) is 58.0 Å². The third-order valence-corrected chi connectivity index (χ3v) is 10.3. The number of nitrogens with zero attached hydrogens (tertiary/aromatic N) is 2. The summed E-state index contributed by atoms with van der Waals surface area (Å²) in [5.74, 6) is -0.104. The first-order valence-corrected chi connectivity index (χ1v) is 16.4. The van der Waals surface area contributed by atoms with Crippen molar-refractivity contribution in [1.29, 1.82) is 0 Å². The van der Waals surface area contributed by atoms with Gasteiger partial charge in [0.05, 0.1) is 19.1 Å². The van der Waals surface area contributed by atoms with Crippen molar-refractivity contribution in [2.75, 3.05) is 23.4 Å². The van der Waals surface area contributed by atoms with Crippen molar-refractivity contribution >= 4 is 43.2 Å². The average molecular weight is 587 g/mol. The molecule has 3 saturated carbocycles. The number of anilines is 2. The van der Waals surface area contributed by atoms with Gasteiger partial charge in [-0.2, -0.15) is 8.42 Å². The molecule has 3 N–H and O–H groups in total. The fourth-order valence-corrected chi connectivity index (χ4v) is 8.42. The number of benzene rings is 2. The van der Waals surface area contributed by atoms with Crippen LogP contribution in [0.5, 0.6) is 5.75 Å². The molecule has 7 rings (SSSR count). The minimum atomic E-state index is -4.33. The van der Waals surface area contributed by atoms with Gasteiger partial charge in [0.1, 0.15) is 22.0 Å². The number of ether oxygens (including phenoxy) is 1. The Kier molecular flexibility index (Phi) is 6.33. The Hall–Kier alpha value is -3.58. The number of carbonyl (C=O) groups is 1. The maximum Gasteiger partial charge on any atom is 0.286 e. The number of fused-ring (bicyclic) bond motifs is 3. The Morgan fingerprint density at radius 2 is 1.85 bits per heavy atom. The molecule has 2 aromatic carbocycles. The standard InChI is InChI=1S/C27H30N4O7S2/c1-38-19-5-3-4-15(12-19)14-31-24-17-8-6-16(7-9-17)22(24)25(32)23(27(31)33)26-28-20-11-10-18(29-39(2,34)35)13-21(20)40(36,37)30-26/h3-5,10-13,16-17,22,24,29,32H,6-9,14H2,1-2H3,(H,28,30)/t16?,17?,22-,24+/m1/s1. The maximum absolute atomic E-state index is 14.1. The van der Waals surface area contributed by atoms with E-state index in [9.17, 15) is 26.7 Å². The molecule has 2 atom stereocenters. The Morgan fingerprint density at radius 1 is 1.12 bits per heavy atom. The van der Waals surface area contributed by atoms with Crippen molar-refractivity contribution in [2.24, 2.45) is 22.2 Å². The molecule has 11 nitrogen and oxygen atoms in total. The highest BCUT2D eigenvalue weighted by atomic mass is 32.2. The summed E-state index contributed by atoms with van der Waals surface area (Å²) in [5, 5.41) is 14.5. The van der Waals surface area contributed by atoms with E-state index in [1.54, 1.807) is 12.0 Å². The van der Waals surface area contributed by atoms with Gasteiger partial charge in [-0.1, -0.05) is 12.1 Å². The SMILES string of the molecule is COc1cccc(CN2C(=O)C(C3=NS(=O)(=O)c4cc(NS(C)(=O)=O)ccc4N3)=C(O)[C@@H]3C4CCC(CC4)[C@@H]32)c1. The van der Waals surface area contributed by atoms with Gasteiger partial charge in [-0.15, -0.1) is 4.40 Å². The van der Waals surface area contributed by atoms with E-state index < -0.39 is 26.0 Å². The number of aliphatic hydroxyl groups excluding tert-OH is 1. The highest BCUT2D eigenvalue weighted by Gasteiger charge is 2.54. The van der Waals surface area contributed by atoms with Gasteiger partial charge in [-0.25, -0.2) is 8.42 Å². The van der Waals surface area contributed by atoms with Crippen LogP contribution in [0.15, 0.2) is 63.1 Å². The second-order valence-corrected chi connectivity index (χ2v) is 14.2. The monoisotopic (exact) mass is 586 g/mol. The fourth-order valence-electron chi connectivity index (χ4n) is 6.72. The van der Waals surface area contributed by atoms with Gasteiger partial charge in [-0.05, 0) is 73.4 Å². The number of methoxy groups -OCH3 is 1. The Labute approximate surface area is 233 Å². The normalized spacial score (nSPS) is 26.9. The number of rotatable bonds is 6. The minimum Gasteiger partial charge on any atom is -0.511 e. The zero-order chi connectivity index (χ0) is 28.4. The van der Waals surface area contributed by atoms with Crippen LogP contribution >= 0.6 is 0 Å². The lowest BCUT2D eigenvalue weighted by atomic mass is 9.59. The maximum atomic E-state index is 14.1. The van der Waals surface area contributed by atoms with Gasteiger partial charge in [0.25, 0.3) is 15.9 Å². The van der Waals surface area contributed by atoms with E-state index in [1.165, 1.54) is 18.2 Å². The van der Waals surface area contributed by atoms with Gasteiger partial charge in [0.15, 0.2) is 5.84 Å². The summed E-state index contributed by atoms with van der Waals surface area (Å²) >= 11 is 0. The molecule has 2 heterocycles.